The normalized spacial score (nSPS) is 16.5. The van der Waals surface area contributed by atoms with Crippen molar-refractivity contribution < 1.29 is 42.8 Å². The van der Waals surface area contributed by atoms with Crippen molar-refractivity contribution in [2.45, 2.75) is 26.7 Å². The van der Waals surface area contributed by atoms with E-state index in [9.17, 15) is 14.4 Å². The van der Waals surface area contributed by atoms with Crippen LogP contribution in [0.5, 0.6) is 0 Å². The second-order valence-electron chi connectivity index (χ2n) is 7.12. The van der Waals surface area contributed by atoms with Gasteiger partial charge >= 0.3 is 0 Å². The van der Waals surface area contributed by atoms with Gasteiger partial charge in [-0.2, -0.15) is 0 Å². The van der Waals surface area contributed by atoms with Gasteiger partial charge in [0.05, 0.1) is 85.8 Å². The zero-order chi connectivity index (χ0) is 22.7. The maximum absolute atomic E-state index is 11.7. The first-order valence-electron chi connectivity index (χ1n) is 10.8. The molecular weight excluding hydrogens is 410 g/mol. The number of Topliss-reactive ketones (excluding diaryl/α,β-unsaturated/α-hetero) is 1. The van der Waals surface area contributed by atoms with Gasteiger partial charge in [0.15, 0.2) is 0 Å². The first-order chi connectivity index (χ1) is 15.0. The molecule has 0 saturated carbocycles. The standard InChI is InChI=1S/C21H37NO9/c1-18-17-20(24)22(21(18)25)4-6-27-8-10-29-12-14-31-16-15-30-13-11-28-9-7-26-5-3-19(2)23/h18H,3-17H2,1-2H3. The van der Waals surface area contributed by atoms with Gasteiger partial charge in [0.2, 0.25) is 11.8 Å². The molecule has 10 nitrogen and oxygen atoms in total. The molecule has 10 heteroatoms. The second-order valence-corrected chi connectivity index (χ2v) is 7.12. The molecule has 0 aliphatic carbocycles. The summed E-state index contributed by atoms with van der Waals surface area (Å²) >= 11 is 0. The van der Waals surface area contributed by atoms with E-state index >= 15 is 0 Å². The van der Waals surface area contributed by atoms with Crippen molar-refractivity contribution in [3.05, 3.63) is 0 Å². The Morgan fingerprint density at radius 3 is 1.48 bits per heavy atom. The third kappa shape index (κ3) is 14.3. The van der Waals surface area contributed by atoms with E-state index in [-0.39, 0.29) is 23.5 Å². The molecular formula is C21H37NO9. The number of hydrogen-bond donors (Lipinski definition) is 0. The van der Waals surface area contributed by atoms with Crippen LogP contribution in [-0.2, 0) is 42.8 Å². The summed E-state index contributed by atoms with van der Waals surface area (Å²) in [7, 11) is 0. The van der Waals surface area contributed by atoms with E-state index in [1.807, 2.05) is 0 Å². The maximum Gasteiger partial charge on any atom is 0.232 e. The third-order valence-corrected chi connectivity index (χ3v) is 4.39. The molecule has 1 fully saturated rings. The fourth-order valence-electron chi connectivity index (χ4n) is 2.66. The van der Waals surface area contributed by atoms with Gasteiger partial charge in [-0.25, -0.2) is 0 Å². The molecule has 0 aromatic rings. The van der Waals surface area contributed by atoms with Crippen LogP contribution in [0, 0.1) is 5.92 Å². The lowest BCUT2D eigenvalue weighted by molar-refractivity contribution is -0.140. The van der Waals surface area contributed by atoms with Crippen molar-refractivity contribution in [3.8, 4) is 0 Å². The van der Waals surface area contributed by atoms with E-state index in [4.69, 9.17) is 28.4 Å². The summed E-state index contributed by atoms with van der Waals surface area (Å²) < 4.78 is 32.1. The van der Waals surface area contributed by atoms with Gasteiger partial charge in [-0.05, 0) is 6.92 Å². The summed E-state index contributed by atoms with van der Waals surface area (Å²) in [5.74, 6) is -0.345. The Balaban J connectivity index is 1.72. The third-order valence-electron chi connectivity index (χ3n) is 4.39. The molecule has 1 atom stereocenters. The van der Waals surface area contributed by atoms with Gasteiger partial charge in [0, 0.05) is 18.8 Å². The molecule has 1 aliphatic heterocycles. The lowest BCUT2D eigenvalue weighted by Crippen LogP contribution is -2.33. The van der Waals surface area contributed by atoms with E-state index in [2.05, 4.69) is 0 Å². The van der Waals surface area contributed by atoms with E-state index in [0.717, 1.165) is 0 Å². The molecule has 0 N–H and O–H groups in total. The molecule has 1 saturated heterocycles. The highest BCUT2D eigenvalue weighted by atomic mass is 16.6. The number of likely N-dealkylation sites (tertiary alicyclic amines) is 1. The lowest BCUT2D eigenvalue weighted by Gasteiger charge is -2.14. The van der Waals surface area contributed by atoms with Crippen LogP contribution < -0.4 is 0 Å². The van der Waals surface area contributed by atoms with Crippen LogP contribution in [0.1, 0.15) is 26.7 Å². The number of nitrogens with zero attached hydrogens (tertiary/aromatic N) is 1. The van der Waals surface area contributed by atoms with E-state index in [1.54, 1.807) is 13.8 Å². The molecule has 0 aromatic heterocycles. The Hall–Kier alpha value is -1.43. The van der Waals surface area contributed by atoms with Crippen LogP contribution in [0.3, 0.4) is 0 Å². The average molecular weight is 448 g/mol. The Kier molecular flexibility index (Phi) is 16.2. The van der Waals surface area contributed by atoms with Gasteiger partial charge in [-0.15, -0.1) is 0 Å². The largest absolute Gasteiger partial charge is 0.379 e. The zero-order valence-electron chi connectivity index (χ0n) is 18.8. The summed E-state index contributed by atoms with van der Waals surface area (Å²) in [5.41, 5.74) is 0. The van der Waals surface area contributed by atoms with Gasteiger partial charge in [0.1, 0.15) is 5.78 Å². The number of carbonyl (C=O) groups excluding carboxylic acids is 3. The van der Waals surface area contributed by atoms with Gasteiger partial charge in [0.25, 0.3) is 0 Å². The highest BCUT2D eigenvalue weighted by Crippen LogP contribution is 2.17. The average Bonchev–Trinajstić information content (AvgIpc) is 2.97. The van der Waals surface area contributed by atoms with E-state index in [1.165, 1.54) is 4.90 Å². The first-order valence-corrected chi connectivity index (χ1v) is 10.8. The van der Waals surface area contributed by atoms with Gasteiger partial charge in [-0.3, -0.25) is 19.3 Å². The van der Waals surface area contributed by atoms with Crippen molar-refractivity contribution in [2.24, 2.45) is 5.92 Å². The first kappa shape index (κ1) is 27.6. The van der Waals surface area contributed by atoms with Gasteiger partial charge < -0.3 is 28.4 Å². The Morgan fingerprint density at radius 2 is 1.13 bits per heavy atom. The van der Waals surface area contributed by atoms with E-state index in [0.29, 0.717) is 98.7 Å². The summed E-state index contributed by atoms with van der Waals surface area (Å²) in [6, 6.07) is 0. The molecule has 31 heavy (non-hydrogen) atoms. The SMILES string of the molecule is CC(=O)CCOCCOCCOCCOCCOCCOCCN1C(=O)CC(C)C1=O. The van der Waals surface area contributed by atoms with Crippen LogP contribution in [0.2, 0.25) is 0 Å². The molecule has 180 valence electrons. The number of ether oxygens (including phenoxy) is 6. The Bertz CT molecular complexity index is 515. The number of hydrogen-bond acceptors (Lipinski definition) is 9. The van der Waals surface area contributed by atoms with Crippen LogP contribution >= 0.6 is 0 Å². The Labute approximate surface area is 184 Å². The van der Waals surface area contributed by atoms with Crippen molar-refractivity contribution in [2.75, 3.05) is 85.8 Å². The number of carbonyl (C=O) groups is 3. The minimum atomic E-state index is -0.218. The van der Waals surface area contributed by atoms with Crippen LogP contribution in [0.15, 0.2) is 0 Å². The van der Waals surface area contributed by atoms with Crippen molar-refractivity contribution in [1.29, 1.82) is 0 Å². The summed E-state index contributed by atoms with van der Waals surface area (Å²) in [6.07, 6.45) is 0.729. The van der Waals surface area contributed by atoms with Crippen molar-refractivity contribution in [1.82, 2.24) is 4.90 Å². The molecule has 1 aliphatic rings. The molecule has 2 amide bonds. The monoisotopic (exact) mass is 447 g/mol. The molecule has 0 aromatic carbocycles. The molecule has 0 spiro atoms. The zero-order valence-corrected chi connectivity index (χ0v) is 18.8. The predicted octanol–water partition coefficient (Wildman–Crippen LogP) is 0.460. The topological polar surface area (TPSA) is 110 Å². The summed E-state index contributed by atoms with van der Waals surface area (Å²) in [4.78, 5) is 35.3. The molecule has 0 bridgehead atoms. The minimum absolute atomic E-state index is 0.120. The van der Waals surface area contributed by atoms with E-state index < -0.39 is 0 Å². The molecule has 1 heterocycles. The Morgan fingerprint density at radius 1 is 0.742 bits per heavy atom. The quantitative estimate of drug-likeness (QED) is 0.183. The van der Waals surface area contributed by atoms with Gasteiger partial charge in [-0.1, -0.05) is 6.92 Å². The molecule has 1 unspecified atom stereocenters. The number of rotatable bonds is 21. The molecule has 0 radical (unpaired) electrons. The number of amides is 2. The highest BCUT2D eigenvalue weighted by molar-refractivity contribution is 6.03. The second kappa shape index (κ2) is 18.2. The fourth-order valence-corrected chi connectivity index (χ4v) is 2.66. The smallest absolute Gasteiger partial charge is 0.232 e. The van der Waals surface area contributed by atoms with Crippen LogP contribution in [0.25, 0.3) is 0 Å². The summed E-state index contributed by atoms with van der Waals surface area (Å²) in [6.45, 7) is 8.97. The minimum Gasteiger partial charge on any atom is -0.379 e. The molecule has 1 rings (SSSR count). The predicted molar refractivity (Wildman–Crippen MR) is 111 cm³/mol. The maximum atomic E-state index is 11.7. The summed E-state index contributed by atoms with van der Waals surface area (Å²) in [5, 5.41) is 0. The lowest BCUT2D eigenvalue weighted by atomic mass is 10.1. The highest BCUT2D eigenvalue weighted by Gasteiger charge is 2.34. The fraction of sp³-hybridized carbons (Fsp3) is 0.857. The number of ketones is 1. The number of imide groups is 1. The van der Waals surface area contributed by atoms with Crippen molar-refractivity contribution in [3.63, 3.8) is 0 Å². The van der Waals surface area contributed by atoms with Crippen LogP contribution in [0.4, 0.5) is 0 Å². The van der Waals surface area contributed by atoms with Crippen molar-refractivity contribution >= 4 is 17.6 Å². The van der Waals surface area contributed by atoms with Crippen LogP contribution in [-0.4, -0.2) is 108 Å².